The standard InChI is InChI=1S/C31H29N3O3/c35-33-21-25-22-34(19-7-5-11-26-10-4-6-18-32-26)31-17-16-29(20-30(25)31)37-28-14-12-27(13-15-28)36-23-24-8-2-1-3-9-24/h1-4,6,8-10,12-18,20-22,35H,5,7,11,19,23H2/b33-21+. The summed E-state index contributed by atoms with van der Waals surface area (Å²) in [6, 6.07) is 29.7. The van der Waals surface area contributed by atoms with Crippen LogP contribution in [0.3, 0.4) is 0 Å². The molecule has 5 rings (SSSR count). The molecule has 2 aromatic heterocycles. The molecule has 0 spiro atoms. The van der Waals surface area contributed by atoms with E-state index in [1.54, 1.807) is 0 Å². The number of ether oxygens (including phenoxy) is 2. The molecule has 0 fully saturated rings. The number of nitrogens with zero attached hydrogens (tertiary/aromatic N) is 3. The van der Waals surface area contributed by atoms with Gasteiger partial charge in [-0.1, -0.05) is 41.6 Å². The van der Waals surface area contributed by atoms with E-state index in [0.29, 0.717) is 12.4 Å². The molecule has 37 heavy (non-hydrogen) atoms. The fraction of sp³-hybridized carbons (Fsp3) is 0.161. The van der Waals surface area contributed by atoms with Crippen LogP contribution in [0.1, 0.15) is 29.7 Å². The zero-order chi connectivity index (χ0) is 25.3. The SMILES string of the molecule is O/N=C/c1cn(CCCCc2ccccn2)c2ccc(Oc3ccc(OCc4ccccc4)cc3)cc12. The molecule has 6 nitrogen and oxygen atoms in total. The fourth-order valence-corrected chi connectivity index (χ4v) is 4.33. The first-order valence-electron chi connectivity index (χ1n) is 12.4. The van der Waals surface area contributed by atoms with Crippen molar-refractivity contribution in [3.8, 4) is 17.2 Å². The van der Waals surface area contributed by atoms with Crippen molar-refractivity contribution in [2.24, 2.45) is 5.16 Å². The van der Waals surface area contributed by atoms with Gasteiger partial charge in [-0.25, -0.2) is 0 Å². The number of benzene rings is 3. The fourth-order valence-electron chi connectivity index (χ4n) is 4.33. The van der Waals surface area contributed by atoms with Crippen LogP contribution in [-0.4, -0.2) is 21.0 Å². The van der Waals surface area contributed by atoms with E-state index in [2.05, 4.69) is 26.8 Å². The number of fused-ring (bicyclic) bond motifs is 1. The second kappa shape index (κ2) is 11.9. The summed E-state index contributed by atoms with van der Waals surface area (Å²) in [5.74, 6) is 2.22. The summed E-state index contributed by atoms with van der Waals surface area (Å²) in [6.07, 6.45) is 8.35. The average Bonchev–Trinajstić information content (AvgIpc) is 3.28. The molecule has 0 bridgehead atoms. The third-order valence-electron chi connectivity index (χ3n) is 6.20. The Hall–Kier alpha value is -4.58. The van der Waals surface area contributed by atoms with Crippen LogP contribution >= 0.6 is 0 Å². The third-order valence-corrected chi connectivity index (χ3v) is 6.20. The maximum Gasteiger partial charge on any atom is 0.128 e. The summed E-state index contributed by atoms with van der Waals surface area (Å²) in [4.78, 5) is 4.40. The topological polar surface area (TPSA) is 68.9 Å². The summed E-state index contributed by atoms with van der Waals surface area (Å²) in [7, 11) is 0. The van der Waals surface area contributed by atoms with Crippen molar-refractivity contribution < 1.29 is 14.7 Å². The Bertz CT molecular complexity index is 1450. The number of pyridine rings is 1. The molecule has 0 saturated heterocycles. The first kappa shape index (κ1) is 24.1. The summed E-state index contributed by atoms with van der Waals surface area (Å²) in [5.41, 5.74) is 4.16. The average molecular weight is 492 g/mol. The van der Waals surface area contributed by atoms with Crippen LogP contribution in [0.5, 0.6) is 17.2 Å². The molecule has 0 unspecified atom stereocenters. The highest BCUT2D eigenvalue weighted by atomic mass is 16.5. The van der Waals surface area contributed by atoms with Gasteiger partial charge in [0.2, 0.25) is 0 Å². The van der Waals surface area contributed by atoms with Crippen LogP contribution in [0, 0.1) is 0 Å². The molecular formula is C31H29N3O3. The first-order valence-corrected chi connectivity index (χ1v) is 12.4. The number of aryl methyl sites for hydroxylation is 2. The lowest BCUT2D eigenvalue weighted by Gasteiger charge is -2.10. The molecule has 186 valence electrons. The van der Waals surface area contributed by atoms with E-state index < -0.39 is 0 Å². The van der Waals surface area contributed by atoms with Gasteiger partial charge < -0.3 is 19.2 Å². The van der Waals surface area contributed by atoms with Gasteiger partial charge in [-0.05, 0) is 79.4 Å². The molecule has 0 atom stereocenters. The molecule has 2 heterocycles. The summed E-state index contributed by atoms with van der Waals surface area (Å²) in [5, 5.41) is 13.4. The Balaban J connectivity index is 1.23. The maximum atomic E-state index is 9.19. The zero-order valence-electron chi connectivity index (χ0n) is 20.5. The number of hydrogen-bond donors (Lipinski definition) is 1. The summed E-state index contributed by atoms with van der Waals surface area (Å²) in [6.45, 7) is 1.39. The normalized spacial score (nSPS) is 11.2. The predicted octanol–water partition coefficient (Wildman–Crippen LogP) is 7.24. The smallest absolute Gasteiger partial charge is 0.128 e. The van der Waals surface area contributed by atoms with Crippen molar-refractivity contribution >= 4 is 17.1 Å². The monoisotopic (exact) mass is 491 g/mol. The van der Waals surface area contributed by atoms with Crippen LogP contribution in [0.25, 0.3) is 10.9 Å². The number of rotatable bonds is 11. The van der Waals surface area contributed by atoms with E-state index >= 15 is 0 Å². The number of unbranched alkanes of at least 4 members (excludes halogenated alkanes) is 1. The summed E-state index contributed by atoms with van der Waals surface area (Å²) < 4.78 is 14.2. The number of aromatic nitrogens is 2. The second-order valence-corrected chi connectivity index (χ2v) is 8.83. The maximum absolute atomic E-state index is 9.19. The Morgan fingerprint density at radius 1 is 0.838 bits per heavy atom. The van der Waals surface area contributed by atoms with E-state index in [0.717, 1.165) is 65.0 Å². The van der Waals surface area contributed by atoms with Gasteiger partial charge in [0.1, 0.15) is 23.9 Å². The minimum Gasteiger partial charge on any atom is -0.489 e. The van der Waals surface area contributed by atoms with Crippen molar-refractivity contribution in [1.82, 2.24) is 9.55 Å². The van der Waals surface area contributed by atoms with Crippen molar-refractivity contribution in [2.75, 3.05) is 0 Å². The third kappa shape index (κ3) is 6.35. The van der Waals surface area contributed by atoms with Crippen LogP contribution in [0.2, 0.25) is 0 Å². The highest BCUT2D eigenvalue weighted by Gasteiger charge is 2.10. The van der Waals surface area contributed by atoms with Gasteiger partial charge in [-0.3, -0.25) is 4.98 Å². The Kier molecular flexibility index (Phi) is 7.76. The van der Waals surface area contributed by atoms with Crippen molar-refractivity contribution in [3.63, 3.8) is 0 Å². The van der Waals surface area contributed by atoms with Crippen LogP contribution in [0.15, 0.2) is 109 Å². The van der Waals surface area contributed by atoms with Gasteiger partial charge >= 0.3 is 0 Å². The van der Waals surface area contributed by atoms with Gasteiger partial charge in [-0.2, -0.15) is 0 Å². The Labute approximate surface area is 216 Å². The molecule has 0 aliphatic rings. The zero-order valence-corrected chi connectivity index (χ0v) is 20.5. The largest absolute Gasteiger partial charge is 0.489 e. The Morgan fingerprint density at radius 2 is 1.62 bits per heavy atom. The highest BCUT2D eigenvalue weighted by Crippen LogP contribution is 2.30. The minimum absolute atomic E-state index is 0.521. The Morgan fingerprint density at radius 3 is 2.41 bits per heavy atom. The molecule has 0 amide bonds. The number of hydrogen-bond acceptors (Lipinski definition) is 5. The molecular weight excluding hydrogens is 462 g/mol. The van der Waals surface area contributed by atoms with Crippen molar-refractivity contribution in [3.05, 3.63) is 120 Å². The molecule has 0 aliphatic carbocycles. The van der Waals surface area contributed by atoms with Gasteiger partial charge in [0, 0.05) is 41.1 Å². The molecule has 6 heteroatoms. The van der Waals surface area contributed by atoms with Crippen molar-refractivity contribution in [1.29, 1.82) is 0 Å². The van der Waals surface area contributed by atoms with Gasteiger partial charge in [0.05, 0.1) is 6.21 Å². The lowest BCUT2D eigenvalue weighted by molar-refractivity contribution is 0.306. The van der Waals surface area contributed by atoms with Crippen molar-refractivity contribution in [2.45, 2.75) is 32.4 Å². The second-order valence-electron chi connectivity index (χ2n) is 8.83. The van der Waals surface area contributed by atoms with E-state index in [4.69, 9.17) is 9.47 Å². The lowest BCUT2D eigenvalue weighted by Crippen LogP contribution is -1.98. The van der Waals surface area contributed by atoms with Crippen LogP contribution in [-0.2, 0) is 19.6 Å². The predicted molar refractivity (Wildman–Crippen MR) is 146 cm³/mol. The molecule has 5 aromatic rings. The highest BCUT2D eigenvalue weighted by molar-refractivity contribution is 5.99. The number of oxime groups is 1. The van der Waals surface area contributed by atoms with Crippen LogP contribution in [0.4, 0.5) is 0 Å². The van der Waals surface area contributed by atoms with Gasteiger partial charge in [0.25, 0.3) is 0 Å². The molecule has 3 aromatic carbocycles. The minimum atomic E-state index is 0.521. The molecule has 0 radical (unpaired) electrons. The molecule has 0 saturated carbocycles. The van der Waals surface area contributed by atoms with Gasteiger partial charge in [-0.15, -0.1) is 0 Å². The van der Waals surface area contributed by atoms with Gasteiger partial charge in [0.15, 0.2) is 0 Å². The quantitative estimate of drug-likeness (QED) is 0.0915. The molecule has 0 aliphatic heterocycles. The first-order chi connectivity index (χ1) is 18.3. The van der Waals surface area contributed by atoms with E-state index in [9.17, 15) is 5.21 Å². The summed E-state index contributed by atoms with van der Waals surface area (Å²) >= 11 is 0. The molecule has 1 N–H and O–H groups in total. The van der Waals surface area contributed by atoms with E-state index in [1.165, 1.54) is 6.21 Å². The van der Waals surface area contributed by atoms with E-state index in [-0.39, 0.29) is 0 Å². The lowest BCUT2D eigenvalue weighted by atomic mass is 10.1. The van der Waals surface area contributed by atoms with Crippen LogP contribution < -0.4 is 9.47 Å². The van der Waals surface area contributed by atoms with E-state index in [1.807, 2.05) is 91.3 Å².